The van der Waals surface area contributed by atoms with Crippen molar-refractivity contribution in [1.29, 1.82) is 0 Å². The summed E-state index contributed by atoms with van der Waals surface area (Å²) in [5.41, 5.74) is 2.41. The van der Waals surface area contributed by atoms with Crippen LogP contribution in [0.4, 0.5) is 0 Å². The van der Waals surface area contributed by atoms with Crippen LogP contribution >= 0.6 is 11.6 Å². The molecule has 0 aliphatic rings. The molecule has 1 heterocycles. The van der Waals surface area contributed by atoms with Crippen LogP contribution in [0.2, 0.25) is 5.02 Å². The van der Waals surface area contributed by atoms with Gasteiger partial charge in [-0.3, -0.25) is 4.79 Å². The third-order valence-electron chi connectivity index (χ3n) is 4.32. The fourth-order valence-corrected chi connectivity index (χ4v) is 3.17. The van der Waals surface area contributed by atoms with E-state index in [2.05, 4.69) is 4.98 Å². The van der Waals surface area contributed by atoms with E-state index in [4.69, 9.17) is 16.3 Å². The molecule has 3 aromatic carbocycles. The van der Waals surface area contributed by atoms with Crippen molar-refractivity contribution in [2.75, 3.05) is 0 Å². The molecular formula is C22H17ClN2O2. The molecular weight excluding hydrogens is 360 g/mol. The predicted molar refractivity (Wildman–Crippen MR) is 106 cm³/mol. The Bertz CT molecular complexity index is 1090. The molecule has 0 atom stereocenters. The molecule has 0 aliphatic carbocycles. The minimum absolute atomic E-state index is 0.0257. The fraction of sp³-hybridized carbons (Fsp3) is 0.0909. The van der Waals surface area contributed by atoms with Crippen molar-refractivity contribution in [2.45, 2.75) is 13.2 Å². The zero-order valence-electron chi connectivity index (χ0n) is 14.5. The first-order chi connectivity index (χ1) is 13.2. The van der Waals surface area contributed by atoms with E-state index in [9.17, 15) is 4.79 Å². The number of ketones is 1. The quantitative estimate of drug-likeness (QED) is 0.437. The van der Waals surface area contributed by atoms with E-state index in [1.54, 1.807) is 6.07 Å². The van der Waals surface area contributed by atoms with Crippen LogP contribution in [0.25, 0.3) is 11.0 Å². The molecule has 0 unspecified atom stereocenters. The van der Waals surface area contributed by atoms with Gasteiger partial charge in [-0.15, -0.1) is 0 Å². The van der Waals surface area contributed by atoms with E-state index in [0.29, 0.717) is 22.2 Å². The van der Waals surface area contributed by atoms with Crippen molar-refractivity contribution in [1.82, 2.24) is 9.55 Å². The number of fused-ring (bicyclic) bond motifs is 1. The van der Waals surface area contributed by atoms with Crippen molar-refractivity contribution in [3.63, 3.8) is 0 Å². The first kappa shape index (κ1) is 17.3. The number of aromatic nitrogens is 2. The van der Waals surface area contributed by atoms with Crippen LogP contribution in [0.3, 0.4) is 0 Å². The molecule has 0 N–H and O–H groups in total. The van der Waals surface area contributed by atoms with Crippen molar-refractivity contribution in [2.24, 2.45) is 0 Å². The van der Waals surface area contributed by atoms with E-state index in [1.165, 1.54) is 0 Å². The molecule has 27 heavy (non-hydrogen) atoms. The molecule has 0 saturated carbocycles. The number of para-hydroxylation sites is 3. The molecule has 1 aromatic heterocycles. The van der Waals surface area contributed by atoms with Gasteiger partial charge in [0.05, 0.1) is 22.6 Å². The van der Waals surface area contributed by atoms with Crippen molar-refractivity contribution in [3.8, 4) is 5.75 Å². The number of Topliss-reactive ketones (excluding diaryl/α,β-unsaturated/α-hetero) is 1. The van der Waals surface area contributed by atoms with E-state index in [0.717, 1.165) is 11.0 Å². The summed E-state index contributed by atoms with van der Waals surface area (Å²) in [6.45, 7) is 0.423. The number of nitrogens with zero attached hydrogens (tertiary/aromatic N) is 2. The number of carbonyl (C=O) groups excluding carboxylic acids is 1. The van der Waals surface area contributed by atoms with Gasteiger partial charge in [0.25, 0.3) is 0 Å². The summed E-state index contributed by atoms with van der Waals surface area (Å²) in [6, 6.07) is 24.3. The van der Waals surface area contributed by atoms with E-state index in [-0.39, 0.29) is 18.9 Å². The lowest BCUT2D eigenvalue weighted by atomic mass is 10.1. The summed E-state index contributed by atoms with van der Waals surface area (Å²) in [4.78, 5) is 17.4. The molecule has 0 aliphatic heterocycles. The van der Waals surface area contributed by atoms with Crippen LogP contribution in [0, 0.1) is 0 Å². The van der Waals surface area contributed by atoms with Crippen LogP contribution in [-0.2, 0) is 13.2 Å². The summed E-state index contributed by atoms with van der Waals surface area (Å²) < 4.78 is 7.76. The van der Waals surface area contributed by atoms with Crippen LogP contribution in [0.5, 0.6) is 5.75 Å². The van der Waals surface area contributed by atoms with Crippen molar-refractivity contribution < 1.29 is 9.53 Å². The summed E-state index contributed by atoms with van der Waals surface area (Å²) in [6.07, 6.45) is 0. The second kappa shape index (κ2) is 7.64. The summed E-state index contributed by atoms with van der Waals surface area (Å²) in [5, 5.41) is 0.542. The third kappa shape index (κ3) is 3.71. The first-order valence-electron chi connectivity index (χ1n) is 8.62. The topological polar surface area (TPSA) is 44.1 Å². The highest BCUT2D eigenvalue weighted by Gasteiger charge is 2.15. The molecule has 134 valence electrons. The Kier molecular flexibility index (Phi) is 4.90. The number of imidazole rings is 1. The van der Waals surface area contributed by atoms with Crippen LogP contribution in [0.1, 0.15) is 16.2 Å². The Morgan fingerprint density at radius 3 is 2.44 bits per heavy atom. The maximum Gasteiger partial charge on any atom is 0.182 e. The maximum absolute atomic E-state index is 12.7. The number of halogens is 1. The highest BCUT2D eigenvalue weighted by Crippen LogP contribution is 2.25. The standard InChI is InChI=1S/C22H17ClN2O2/c23-17-10-4-7-13-21(17)27-15-22-24-18-11-5-6-12-19(18)25(22)14-20(26)16-8-2-1-3-9-16/h1-13H,14-15H2. The first-order valence-corrected chi connectivity index (χ1v) is 9.00. The van der Waals surface area contributed by atoms with Crippen molar-refractivity contribution in [3.05, 3.63) is 95.3 Å². The average molecular weight is 377 g/mol. The van der Waals surface area contributed by atoms with Crippen LogP contribution < -0.4 is 4.74 Å². The van der Waals surface area contributed by atoms with Crippen LogP contribution in [-0.4, -0.2) is 15.3 Å². The molecule has 0 spiro atoms. The Morgan fingerprint density at radius 1 is 0.926 bits per heavy atom. The molecule has 0 radical (unpaired) electrons. The van der Waals surface area contributed by atoms with Gasteiger partial charge in [-0.2, -0.15) is 0 Å². The number of rotatable bonds is 6. The fourth-order valence-electron chi connectivity index (χ4n) is 2.98. The van der Waals surface area contributed by atoms with Gasteiger partial charge in [-0.1, -0.05) is 66.2 Å². The van der Waals surface area contributed by atoms with E-state index < -0.39 is 0 Å². The van der Waals surface area contributed by atoms with E-state index >= 15 is 0 Å². The van der Waals surface area contributed by atoms with Gasteiger partial charge < -0.3 is 9.30 Å². The molecule has 5 heteroatoms. The zero-order valence-corrected chi connectivity index (χ0v) is 15.3. The molecule has 0 amide bonds. The number of ether oxygens (including phenoxy) is 1. The Hall–Kier alpha value is -3.11. The zero-order chi connectivity index (χ0) is 18.6. The van der Waals surface area contributed by atoms with Gasteiger partial charge in [0.15, 0.2) is 5.78 Å². The largest absolute Gasteiger partial charge is 0.484 e. The molecule has 0 fully saturated rings. The molecule has 0 saturated heterocycles. The normalized spacial score (nSPS) is 10.9. The maximum atomic E-state index is 12.7. The minimum atomic E-state index is 0.0257. The molecule has 4 aromatic rings. The van der Waals surface area contributed by atoms with Gasteiger partial charge >= 0.3 is 0 Å². The van der Waals surface area contributed by atoms with Crippen LogP contribution in [0.15, 0.2) is 78.9 Å². The van der Waals surface area contributed by atoms with Gasteiger partial charge in [-0.05, 0) is 24.3 Å². The summed E-state index contributed by atoms with van der Waals surface area (Å²) >= 11 is 6.17. The molecule has 4 rings (SSSR count). The smallest absolute Gasteiger partial charge is 0.182 e. The molecule has 0 bridgehead atoms. The predicted octanol–water partition coefficient (Wildman–Crippen LogP) is 5.15. The SMILES string of the molecule is O=C(Cn1c(COc2ccccc2Cl)nc2ccccc21)c1ccccc1. The summed E-state index contributed by atoms with van der Waals surface area (Å²) in [5.74, 6) is 1.30. The monoisotopic (exact) mass is 376 g/mol. The summed E-state index contributed by atoms with van der Waals surface area (Å²) in [7, 11) is 0. The lowest BCUT2D eigenvalue weighted by Gasteiger charge is -2.11. The number of hydrogen-bond acceptors (Lipinski definition) is 3. The Morgan fingerprint density at radius 2 is 1.63 bits per heavy atom. The minimum Gasteiger partial charge on any atom is -0.484 e. The Balaban J connectivity index is 1.65. The van der Waals surface area contributed by atoms with Gasteiger partial charge in [0.2, 0.25) is 0 Å². The lowest BCUT2D eigenvalue weighted by Crippen LogP contribution is -2.14. The Labute approximate surface area is 162 Å². The highest BCUT2D eigenvalue weighted by molar-refractivity contribution is 6.32. The molecule has 4 nitrogen and oxygen atoms in total. The second-order valence-corrected chi connectivity index (χ2v) is 6.52. The van der Waals surface area contributed by atoms with Gasteiger partial charge in [0.1, 0.15) is 18.2 Å². The van der Waals surface area contributed by atoms with Crippen molar-refractivity contribution >= 4 is 28.4 Å². The number of benzene rings is 3. The lowest BCUT2D eigenvalue weighted by molar-refractivity contribution is 0.0971. The highest BCUT2D eigenvalue weighted by atomic mass is 35.5. The van der Waals surface area contributed by atoms with E-state index in [1.807, 2.05) is 77.4 Å². The number of hydrogen-bond donors (Lipinski definition) is 0. The second-order valence-electron chi connectivity index (χ2n) is 6.11. The number of carbonyl (C=O) groups is 1. The third-order valence-corrected chi connectivity index (χ3v) is 4.64. The van der Waals surface area contributed by atoms with Gasteiger partial charge in [0, 0.05) is 5.56 Å². The van der Waals surface area contributed by atoms with Gasteiger partial charge in [-0.25, -0.2) is 4.98 Å². The average Bonchev–Trinajstić information content (AvgIpc) is 3.05.